The molecule has 2 aromatic carbocycles. The molecule has 0 unspecified atom stereocenters. The number of hydrogen-bond acceptors (Lipinski definition) is 7. The molecule has 0 aliphatic rings. The number of ether oxygens (including phenoxy) is 2. The molecule has 3 N–H and O–H groups in total. The zero-order valence-corrected chi connectivity index (χ0v) is 14.2. The van der Waals surface area contributed by atoms with Crippen LogP contribution in [-0.4, -0.2) is 23.0 Å². The van der Waals surface area contributed by atoms with Crippen molar-refractivity contribution in [3.63, 3.8) is 0 Å². The van der Waals surface area contributed by atoms with Crippen molar-refractivity contribution in [3.8, 4) is 11.6 Å². The van der Waals surface area contributed by atoms with Crippen molar-refractivity contribution >= 4 is 17.5 Å². The molecule has 1 heterocycles. The van der Waals surface area contributed by atoms with Crippen LogP contribution < -0.4 is 15.8 Å². The molecule has 3 rings (SSSR count). The molecule has 26 heavy (non-hydrogen) atoms. The Morgan fingerprint density at radius 2 is 1.81 bits per heavy atom. The smallest absolute Gasteiger partial charge is 0.337 e. The molecule has 0 atom stereocenters. The lowest BCUT2D eigenvalue weighted by atomic mass is 10.2. The Balaban J connectivity index is 1.71. The van der Waals surface area contributed by atoms with Crippen molar-refractivity contribution in [2.24, 2.45) is 0 Å². The second-order valence-electron chi connectivity index (χ2n) is 5.40. The van der Waals surface area contributed by atoms with Gasteiger partial charge in [-0.15, -0.1) is 0 Å². The number of esters is 1. The number of methoxy groups -OCH3 is 1. The number of nitrogens with zero attached hydrogens (tertiary/aromatic N) is 2. The number of carbonyl (C=O) groups excluding carboxylic acids is 1. The number of rotatable bonds is 6. The molecule has 0 aliphatic carbocycles. The van der Waals surface area contributed by atoms with Gasteiger partial charge in [-0.25, -0.2) is 9.78 Å². The lowest BCUT2D eigenvalue weighted by Crippen LogP contribution is -2.06. The molecule has 0 aliphatic heterocycles. The van der Waals surface area contributed by atoms with Crippen LogP contribution in [0.25, 0.3) is 0 Å². The third-order valence-electron chi connectivity index (χ3n) is 3.64. The minimum absolute atomic E-state index is 0.237. The molecule has 0 saturated heterocycles. The standard InChI is InChI=1S/C19H18N4O3/c1-25-19(24)14-7-9-15(10-8-14)26-18-16(20)17(22-12-23-18)21-11-13-5-3-2-4-6-13/h2-10,12H,11,20H2,1H3,(H,21,22,23). The number of carbonyl (C=O) groups is 1. The van der Waals surface area contributed by atoms with Crippen molar-refractivity contribution < 1.29 is 14.3 Å². The average molecular weight is 350 g/mol. The maximum atomic E-state index is 11.5. The minimum atomic E-state index is -0.412. The largest absolute Gasteiger partial charge is 0.465 e. The van der Waals surface area contributed by atoms with E-state index in [1.54, 1.807) is 24.3 Å². The summed E-state index contributed by atoms with van der Waals surface area (Å²) in [5.41, 5.74) is 7.95. The normalized spacial score (nSPS) is 10.2. The topological polar surface area (TPSA) is 99.4 Å². The quantitative estimate of drug-likeness (QED) is 0.658. The van der Waals surface area contributed by atoms with Gasteiger partial charge in [0.1, 0.15) is 17.8 Å². The van der Waals surface area contributed by atoms with E-state index in [9.17, 15) is 4.79 Å². The number of hydrogen-bond donors (Lipinski definition) is 2. The Morgan fingerprint density at radius 1 is 1.08 bits per heavy atom. The van der Waals surface area contributed by atoms with Crippen molar-refractivity contribution in [3.05, 3.63) is 72.1 Å². The summed E-state index contributed by atoms with van der Waals surface area (Å²) in [5, 5.41) is 3.17. The van der Waals surface area contributed by atoms with E-state index >= 15 is 0 Å². The Bertz CT molecular complexity index is 883. The van der Waals surface area contributed by atoms with Crippen LogP contribution in [0.5, 0.6) is 11.6 Å². The average Bonchev–Trinajstić information content (AvgIpc) is 2.69. The molecule has 3 aromatic rings. The highest BCUT2D eigenvalue weighted by Gasteiger charge is 2.11. The monoisotopic (exact) mass is 350 g/mol. The summed E-state index contributed by atoms with van der Waals surface area (Å²) in [7, 11) is 1.33. The molecule has 0 saturated carbocycles. The molecule has 0 radical (unpaired) electrons. The van der Waals surface area contributed by atoms with Gasteiger partial charge in [-0.1, -0.05) is 30.3 Å². The zero-order valence-electron chi connectivity index (χ0n) is 14.2. The maximum absolute atomic E-state index is 11.5. The highest BCUT2D eigenvalue weighted by Crippen LogP contribution is 2.29. The molecule has 0 amide bonds. The van der Waals surface area contributed by atoms with Gasteiger partial charge in [0.2, 0.25) is 5.88 Å². The highest BCUT2D eigenvalue weighted by molar-refractivity contribution is 5.89. The summed E-state index contributed by atoms with van der Waals surface area (Å²) in [6.07, 6.45) is 1.38. The fourth-order valence-corrected chi connectivity index (χ4v) is 2.27. The first kappa shape index (κ1) is 17.2. The van der Waals surface area contributed by atoms with Gasteiger partial charge in [0, 0.05) is 6.54 Å². The molecule has 0 spiro atoms. The van der Waals surface area contributed by atoms with Crippen molar-refractivity contribution in [2.45, 2.75) is 6.54 Å². The van der Waals surface area contributed by atoms with Crippen LogP contribution >= 0.6 is 0 Å². The third kappa shape index (κ3) is 4.07. The van der Waals surface area contributed by atoms with Gasteiger partial charge < -0.3 is 20.5 Å². The number of nitrogens with two attached hydrogens (primary N) is 1. The zero-order chi connectivity index (χ0) is 18.4. The van der Waals surface area contributed by atoms with E-state index in [1.807, 2.05) is 30.3 Å². The lowest BCUT2D eigenvalue weighted by molar-refractivity contribution is 0.0600. The minimum Gasteiger partial charge on any atom is -0.465 e. The Labute approximate surface area is 150 Å². The van der Waals surface area contributed by atoms with E-state index in [4.69, 9.17) is 10.5 Å². The fourth-order valence-electron chi connectivity index (χ4n) is 2.27. The summed E-state index contributed by atoms with van der Waals surface area (Å²) in [4.78, 5) is 19.7. The first-order valence-electron chi connectivity index (χ1n) is 7.92. The predicted octanol–water partition coefficient (Wildman–Crippen LogP) is 3.25. The predicted molar refractivity (Wildman–Crippen MR) is 98.1 cm³/mol. The summed E-state index contributed by atoms with van der Waals surface area (Å²) in [5.74, 6) is 0.814. The van der Waals surface area contributed by atoms with Crippen LogP contribution in [-0.2, 0) is 11.3 Å². The number of aromatic nitrogens is 2. The molecule has 0 fully saturated rings. The van der Waals surface area contributed by atoms with E-state index in [0.29, 0.717) is 29.4 Å². The summed E-state index contributed by atoms with van der Waals surface area (Å²) in [6, 6.07) is 16.4. The number of nitrogen functional groups attached to an aromatic ring is 1. The van der Waals surface area contributed by atoms with E-state index < -0.39 is 5.97 Å². The molecule has 132 valence electrons. The Morgan fingerprint density at radius 3 is 2.50 bits per heavy atom. The number of anilines is 2. The van der Waals surface area contributed by atoms with Gasteiger partial charge in [-0.05, 0) is 29.8 Å². The number of benzene rings is 2. The third-order valence-corrected chi connectivity index (χ3v) is 3.64. The van der Waals surface area contributed by atoms with Crippen LogP contribution in [0.3, 0.4) is 0 Å². The molecular weight excluding hydrogens is 332 g/mol. The number of nitrogens with one attached hydrogen (secondary N) is 1. The van der Waals surface area contributed by atoms with Gasteiger partial charge in [0.05, 0.1) is 12.7 Å². The van der Waals surface area contributed by atoms with E-state index in [1.165, 1.54) is 13.4 Å². The van der Waals surface area contributed by atoms with Gasteiger partial charge in [0.25, 0.3) is 0 Å². The fraction of sp³-hybridized carbons (Fsp3) is 0.105. The first-order valence-corrected chi connectivity index (χ1v) is 7.92. The Kier molecular flexibility index (Phi) is 5.28. The van der Waals surface area contributed by atoms with Crippen LogP contribution in [0.4, 0.5) is 11.5 Å². The van der Waals surface area contributed by atoms with Crippen LogP contribution in [0, 0.1) is 0 Å². The van der Waals surface area contributed by atoms with Crippen LogP contribution in [0.2, 0.25) is 0 Å². The lowest BCUT2D eigenvalue weighted by Gasteiger charge is -2.12. The Hall–Kier alpha value is -3.61. The second-order valence-corrected chi connectivity index (χ2v) is 5.40. The van der Waals surface area contributed by atoms with Crippen LogP contribution in [0.15, 0.2) is 60.9 Å². The molecule has 1 aromatic heterocycles. The molecule has 7 heteroatoms. The summed E-state index contributed by atoms with van der Waals surface area (Å²) < 4.78 is 10.4. The van der Waals surface area contributed by atoms with E-state index in [2.05, 4.69) is 20.0 Å². The maximum Gasteiger partial charge on any atom is 0.337 e. The SMILES string of the molecule is COC(=O)c1ccc(Oc2ncnc(NCc3ccccc3)c2N)cc1. The molecule has 7 nitrogen and oxygen atoms in total. The van der Waals surface area contributed by atoms with Crippen molar-refractivity contribution in [1.82, 2.24) is 9.97 Å². The van der Waals surface area contributed by atoms with E-state index in [0.717, 1.165) is 5.56 Å². The molecule has 0 bridgehead atoms. The highest BCUT2D eigenvalue weighted by atomic mass is 16.5. The van der Waals surface area contributed by atoms with Gasteiger partial charge in [-0.2, -0.15) is 4.98 Å². The van der Waals surface area contributed by atoms with Crippen molar-refractivity contribution in [1.29, 1.82) is 0 Å². The van der Waals surface area contributed by atoms with E-state index in [-0.39, 0.29) is 5.88 Å². The molecular formula is C19H18N4O3. The van der Waals surface area contributed by atoms with Crippen LogP contribution in [0.1, 0.15) is 15.9 Å². The second kappa shape index (κ2) is 7.98. The van der Waals surface area contributed by atoms with Gasteiger partial charge in [0.15, 0.2) is 5.82 Å². The van der Waals surface area contributed by atoms with Gasteiger partial charge >= 0.3 is 5.97 Å². The van der Waals surface area contributed by atoms with Gasteiger partial charge in [-0.3, -0.25) is 0 Å². The summed E-state index contributed by atoms with van der Waals surface area (Å²) in [6.45, 7) is 0.579. The summed E-state index contributed by atoms with van der Waals surface area (Å²) >= 11 is 0. The first-order chi connectivity index (χ1) is 12.7. The van der Waals surface area contributed by atoms with Crippen molar-refractivity contribution in [2.75, 3.05) is 18.2 Å².